The fourth-order valence-electron chi connectivity index (χ4n) is 3.67. The monoisotopic (exact) mass is 358 g/mol. The van der Waals surface area contributed by atoms with Gasteiger partial charge in [-0.2, -0.15) is 0 Å². The normalized spacial score (nSPS) is 15.4. The van der Waals surface area contributed by atoms with Crippen molar-refractivity contribution in [3.63, 3.8) is 0 Å². The molecule has 0 atom stereocenters. The maximum atomic E-state index is 13.8. The quantitative estimate of drug-likeness (QED) is 0.593. The summed E-state index contributed by atoms with van der Waals surface area (Å²) < 4.78 is 38.1. The van der Waals surface area contributed by atoms with Gasteiger partial charge in [0.25, 0.3) is 0 Å². The minimum atomic E-state index is -0.584. The lowest BCUT2D eigenvalue weighted by atomic mass is 9.82. The van der Waals surface area contributed by atoms with Crippen molar-refractivity contribution in [1.82, 2.24) is 0 Å². The molecule has 0 spiro atoms. The lowest BCUT2D eigenvalue weighted by molar-refractivity contribution is 0.359. The van der Waals surface area contributed by atoms with Crippen LogP contribution in [0, 0.1) is 11.6 Å². The van der Waals surface area contributed by atoms with E-state index in [1.807, 2.05) is 12.1 Å². The first-order valence-electron chi connectivity index (χ1n) is 9.01. The Labute approximate surface area is 153 Å². The van der Waals surface area contributed by atoms with Gasteiger partial charge in [-0.25, -0.2) is 8.78 Å². The number of hydrogen-bond acceptors (Lipinski definition) is 2. The zero-order valence-electron chi connectivity index (χ0n) is 15.2. The summed E-state index contributed by atoms with van der Waals surface area (Å²) >= 11 is 0. The van der Waals surface area contributed by atoms with Gasteiger partial charge in [0.15, 0.2) is 0 Å². The van der Waals surface area contributed by atoms with Crippen LogP contribution < -0.4 is 9.47 Å². The Kier molecular flexibility index (Phi) is 5.92. The summed E-state index contributed by atoms with van der Waals surface area (Å²) in [5.41, 5.74) is 2.31. The van der Waals surface area contributed by atoms with Crippen LogP contribution in [0.1, 0.15) is 54.7 Å². The summed E-state index contributed by atoms with van der Waals surface area (Å²) in [6.07, 6.45) is 9.43. The molecule has 0 aromatic heterocycles. The Morgan fingerprint density at radius 2 is 1.54 bits per heavy atom. The van der Waals surface area contributed by atoms with Gasteiger partial charge in [0, 0.05) is 17.2 Å². The third-order valence-corrected chi connectivity index (χ3v) is 5.00. The molecular formula is C22H24F2O2. The number of ether oxygens (including phenoxy) is 2. The maximum absolute atomic E-state index is 13.8. The Bertz CT molecular complexity index is 768. The number of halogens is 2. The first-order chi connectivity index (χ1) is 12.6. The van der Waals surface area contributed by atoms with Crippen molar-refractivity contribution in [3.05, 3.63) is 58.7 Å². The van der Waals surface area contributed by atoms with Crippen molar-refractivity contribution in [2.24, 2.45) is 0 Å². The molecule has 1 aliphatic carbocycles. The van der Waals surface area contributed by atoms with E-state index in [-0.39, 0.29) is 0 Å². The van der Waals surface area contributed by atoms with Crippen molar-refractivity contribution in [2.45, 2.75) is 38.0 Å². The van der Waals surface area contributed by atoms with E-state index >= 15 is 0 Å². The molecule has 138 valence electrons. The Morgan fingerprint density at radius 1 is 0.885 bits per heavy atom. The van der Waals surface area contributed by atoms with E-state index in [1.165, 1.54) is 31.4 Å². The molecule has 0 aliphatic heterocycles. The van der Waals surface area contributed by atoms with Crippen molar-refractivity contribution in [1.29, 1.82) is 0 Å². The highest BCUT2D eigenvalue weighted by Crippen LogP contribution is 2.43. The molecule has 26 heavy (non-hydrogen) atoms. The molecule has 2 aromatic rings. The van der Waals surface area contributed by atoms with Crippen LogP contribution in [-0.2, 0) is 0 Å². The van der Waals surface area contributed by atoms with Crippen LogP contribution >= 0.6 is 0 Å². The average molecular weight is 358 g/mol. The number of hydrogen-bond donors (Lipinski definition) is 0. The third-order valence-electron chi connectivity index (χ3n) is 5.00. The second kappa shape index (κ2) is 8.35. The van der Waals surface area contributed by atoms with E-state index in [1.54, 1.807) is 26.4 Å². The predicted molar refractivity (Wildman–Crippen MR) is 101 cm³/mol. The van der Waals surface area contributed by atoms with Crippen molar-refractivity contribution < 1.29 is 18.3 Å². The van der Waals surface area contributed by atoms with E-state index in [4.69, 9.17) is 9.47 Å². The minimum Gasteiger partial charge on any atom is -0.496 e. The second-order valence-electron chi connectivity index (χ2n) is 6.67. The van der Waals surface area contributed by atoms with E-state index in [0.29, 0.717) is 11.5 Å². The van der Waals surface area contributed by atoms with Gasteiger partial charge in [-0.3, -0.25) is 0 Å². The highest BCUT2D eigenvalue weighted by atomic mass is 19.1. The highest BCUT2D eigenvalue weighted by molar-refractivity contribution is 5.72. The molecule has 4 heteroatoms. The number of methoxy groups -OCH3 is 2. The molecule has 0 amide bonds. The first-order valence-corrected chi connectivity index (χ1v) is 9.01. The molecule has 0 unspecified atom stereocenters. The van der Waals surface area contributed by atoms with E-state index in [2.05, 4.69) is 0 Å². The SMILES string of the molecule is COc1cc(/C=C/c2ccc(F)cc2F)cc(OC)c1C1CCCCC1. The Balaban J connectivity index is 1.94. The van der Waals surface area contributed by atoms with Crippen molar-refractivity contribution >= 4 is 12.2 Å². The number of rotatable bonds is 5. The van der Waals surface area contributed by atoms with Crippen LogP contribution in [-0.4, -0.2) is 14.2 Å². The van der Waals surface area contributed by atoms with Crippen molar-refractivity contribution in [2.75, 3.05) is 14.2 Å². The predicted octanol–water partition coefficient (Wildman–Crippen LogP) is 6.20. The first kappa shape index (κ1) is 18.4. The van der Waals surface area contributed by atoms with E-state index in [9.17, 15) is 8.78 Å². The molecule has 1 aliphatic rings. The lowest BCUT2D eigenvalue weighted by Crippen LogP contribution is -2.08. The van der Waals surface area contributed by atoms with Crippen LogP contribution in [0.2, 0.25) is 0 Å². The van der Waals surface area contributed by atoms with E-state index < -0.39 is 11.6 Å². The van der Waals surface area contributed by atoms with Gasteiger partial charge < -0.3 is 9.47 Å². The molecule has 0 radical (unpaired) electrons. The molecule has 0 N–H and O–H groups in total. The van der Waals surface area contributed by atoms with Gasteiger partial charge in [-0.05, 0) is 48.6 Å². The molecular weight excluding hydrogens is 334 g/mol. The van der Waals surface area contributed by atoms with Gasteiger partial charge in [0.1, 0.15) is 23.1 Å². The molecule has 2 nitrogen and oxygen atoms in total. The summed E-state index contributed by atoms with van der Waals surface area (Å²) in [4.78, 5) is 0. The van der Waals surface area contributed by atoms with Gasteiger partial charge in [-0.1, -0.05) is 31.4 Å². The van der Waals surface area contributed by atoms with Crippen LogP contribution in [0.3, 0.4) is 0 Å². The largest absolute Gasteiger partial charge is 0.496 e. The van der Waals surface area contributed by atoms with Gasteiger partial charge in [0.2, 0.25) is 0 Å². The molecule has 1 fully saturated rings. The molecule has 2 aromatic carbocycles. The summed E-state index contributed by atoms with van der Waals surface area (Å²) in [6.45, 7) is 0. The Hall–Kier alpha value is -2.36. The fraction of sp³-hybridized carbons (Fsp3) is 0.364. The third kappa shape index (κ3) is 4.06. The molecule has 0 bridgehead atoms. The second-order valence-corrected chi connectivity index (χ2v) is 6.67. The average Bonchev–Trinajstić information content (AvgIpc) is 2.67. The fourth-order valence-corrected chi connectivity index (χ4v) is 3.67. The lowest BCUT2D eigenvalue weighted by Gasteiger charge is -2.26. The zero-order chi connectivity index (χ0) is 18.5. The van der Waals surface area contributed by atoms with E-state index in [0.717, 1.165) is 41.5 Å². The van der Waals surface area contributed by atoms with Gasteiger partial charge in [0.05, 0.1) is 14.2 Å². The maximum Gasteiger partial charge on any atom is 0.133 e. The van der Waals surface area contributed by atoms with Crippen LogP contribution in [0.5, 0.6) is 11.5 Å². The zero-order valence-corrected chi connectivity index (χ0v) is 15.2. The summed E-state index contributed by atoms with van der Waals surface area (Å²) in [7, 11) is 3.32. The Morgan fingerprint density at radius 3 is 2.12 bits per heavy atom. The van der Waals surface area contributed by atoms with Gasteiger partial charge >= 0.3 is 0 Å². The molecule has 3 rings (SSSR count). The minimum absolute atomic E-state index is 0.334. The molecule has 0 saturated heterocycles. The van der Waals surface area contributed by atoms with Crippen LogP contribution in [0.15, 0.2) is 30.3 Å². The summed E-state index contributed by atoms with van der Waals surface area (Å²) in [5, 5.41) is 0. The number of benzene rings is 2. The van der Waals surface area contributed by atoms with Gasteiger partial charge in [-0.15, -0.1) is 0 Å². The standard InChI is InChI=1S/C22H24F2O2/c1-25-20-12-15(8-9-16-10-11-18(23)14-19(16)24)13-21(26-2)22(20)17-6-4-3-5-7-17/h8-14,17H,3-7H2,1-2H3/b9-8+. The highest BCUT2D eigenvalue weighted by Gasteiger charge is 2.23. The van der Waals surface area contributed by atoms with Crippen LogP contribution in [0.25, 0.3) is 12.2 Å². The molecule has 0 heterocycles. The summed E-state index contributed by atoms with van der Waals surface area (Å²) in [5.74, 6) is 0.881. The molecule has 1 saturated carbocycles. The van der Waals surface area contributed by atoms with Crippen LogP contribution in [0.4, 0.5) is 8.78 Å². The smallest absolute Gasteiger partial charge is 0.133 e. The van der Waals surface area contributed by atoms with Crippen molar-refractivity contribution in [3.8, 4) is 11.5 Å². The summed E-state index contributed by atoms with van der Waals surface area (Å²) in [6, 6.07) is 7.45. The topological polar surface area (TPSA) is 18.5 Å².